The minimum absolute atomic E-state index is 0.610. The molecule has 0 aliphatic rings. The summed E-state index contributed by atoms with van der Waals surface area (Å²) < 4.78 is 18.3. The fourth-order valence-corrected chi connectivity index (χ4v) is 1.76. The number of hydrogen-bond acceptors (Lipinski definition) is 5. The van der Waals surface area contributed by atoms with E-state index in [9.17, 15) is 0 Å². The summed E-state index contributed by atoms with van der Waals surface area (Å²) in [6.07, 6.45) is 6.94. The van der Waals surface area contributed by atoms with E-state index in [1.807, 2.05) is 17.1 Å². The van der Waals surface area contributed by atoms with E-state index in [0.717, 1.165) is 31.7 Å². The van der Waals surface area contributed by atoms with E-state index in [0.29, 0.717) is 39.6 Å². The van der Waals surface area contributed by atoms with Gasteiger partial charge in [-0.05, 0) is 13.0 Å². The SMILES string of the molecule is CCCCOCCOCCOCCn1cnc(CCN)c1. The summed E-state index contributed by atoms with van der Waals surface area (Å²) >= 11 is 0. The molecule has 6 heteroatoms. The van der Waals surface area contributed by atoms with E-state index in [1.54, 1.807) is 0 Å². The van der Waals surface area contributed by atoms with Gasteiger partial charge in [0.05, 0.1) is 45.1 Å². The van der Waals surface area contributed by atoms with Gasteiger partial charge in [-0.1, -0.05) is 13.3 Å². The molecule has 0 unspecified atom stereocenters. The van der Waals surface area contributed by atoms with E-state index in [1.165, 1.54) is 6.42 Å². The third-order valence-electron chi connectivity index (χ3n) is 2.97. The van der Waals surface area contributed by atoms with Crippen LogP contribution >= 0.6 is 0 Å². The van der Waals surface area contributed by atoms with Crippen molar-refractivity contribution < 1.29 is 14.2 Å². The molecular formula is C15H29N3O3. The number of ether oxygens (including phenoxy) is 3. The Morgan fingerprint density at radius 1 is 1.05 bits per heavy atom. The molecule has 0 amide bonds. The first-order valence-corrected chi connectivity index (χ1v) is 7.80. The van der Waals surface area contributed by atoms with Gasteiger partial charge in [0.15, 0.2) is 0 Å². The Balaban J connectivity index is 1.86. The zero-order valence-electron chi connectivity index (χ0n) is 13.1. The van der Waals surface area contributed by atoms with Crippen molar-refractivity contribution >= 4 is 0 Å². The summed E-state index contributed by atoms with van der Waals surface area (Å²) in [4.78, 5) is 4.26. The molecule has 1 aromatic heterocycles. The minimum atomic E-state index is 0.610. The largest absolute Gasteiger partial charge is 0.379 e. The lowest BCUT2D eigenvalue weighted by Gasteiger charge is -2.07. The molecule has 0 aliphatic carbocycles. The first-order chi connectivity index (χ1) is 10.4. The van der Waals surface area contributed by atoms with Crippen LogP contribution in [0.5, 0.6) is 0 Å². The summed E-state index contributed by atoms with van der Waals surface area (Å²) in [6.45, 7) is 7.60. The highest BCUT2D eigenvalue weighted by molar-refractivity contribution is 4.96. The van der Waals surface area contributed by atoms with Gasteiger partial charge in [0, 0.05) is 25.8 Å². The Morgan fingerprint density at radius 2 is 1.71 bits per heavy atom. The van der Waals surface area contributed by atoms with Crippen LogP contribution in [0.3, 0.4) is 0 Å². The van der Waals surface area contributed by atoms with Crippen molar-refractivity contribution in [1.82, 2.24) is 9.55 Å². The van der Waals surface area contributed by atoms with Gasteiger partial charge in [-0.3, -0.25) is 0 Å². The van der Waals surface area contributed by atoms with E-state index < -0.39 is 0 Å². The molecule has 1 heterocycles. The second-order valence-corrected chi connectivity index (χ2v) is 4.83. The van der Waals surface area contributed by atoms with Gasteiger partial charge in [0.25, 0.3) is 0 Å². The van der Waals surface area contributed by atoms with Crippen LogP contribution in [0.2, 0.25) is 0 Å². The zero-order valence-corrected chi connectivity index (χ0v) is 13.1. The molecule has 2 N–H and O–H groups in total. The number of unbranched alkanes of at least 4 members (excludes halogenated alkanes) is 1. The molecule has 1 aromatic rings. The van der Waals surface area contributed by atoms with E-state index in [2.05, 4.69) is 11.9 Å². The highest BCUT2D eigenvalue weighted by Gasteiger charge is 1.97. The number of nitrogens with two attached hydrogens (primary N) is 1. The summed E-state index contributed by atoms with van der Waals surface area (Å²) in [5, 5.41) is 0. The average Bonchev–Trinajstić information content (AvgIpc) is 2.93. The van der Waals surface area contributed by atoms with Gasteiger partial charge < -0.3 is 24.5 Å². The number of imidazole rings is 1. The van der Waals surface area contributed by atoms with Crippen LogP contribution in [-0.2, 0) is 27.2 Å². The quantitative estimate of drug-likeness (QED) is 0.523. The Bertz CT molecular complexity index is 345. The summed E-state index contributed by atoms with van der Waals surface area (Å²) in [5.41, 5.74) is 6.52. The maximum Gasteiger partial charge on any atom is 0.0950 e. The molecule has 0 saturated heterocycles. The van der Waals surface area contributed by atoms with Crippen molar-refractivity contribution in [2.24, 2.45) is 5.73 Å². The molecule has 0 fully saturated rings. The average molecular weight is 299 g/mol. The molecule has 122 valence electrons. The van der Waals surface area contributed by atoms with Crippen molar-refractivity contribution in [3.8, 4) is 0 Å². The van der Waals surface area contributed by atoms with Gasteiger partial charge in [-0.2, -0.15) is 0 Å². The summed E-state index contributed by atoms with van der Waals surface area (Å²) in [6, 6.07) is 0. The smallest absolute Gasteiger partial charge is 0.0950 e. The van der Waals surface area contributed by atoms with Crippen molar-refractivity contribution in [3.63, 3.8) is 0 Å². The molecule has 1 rings (SSSR count). The number of hydrogen-bond donors (Lipinski definition) is 1. The standard InChI is InChI=1S/C15H29N3O3/c1-2-3-7-19-9-11-21-12-10-20-8-6-18-13-15(4-5-16)17-14-18/h13-14H,2-12,16H2,1H3. The second-order valence-electron chi connectivity index (χ2n) is 4.83. The van der Waals surface area contributed by atoms with E-state index in [-0.39, 0.29) is 0 Å². The van der Waals surface area contributed by atoms with Crippen molar-refractivity contribution in [2.75, 3.05) is 46.2 Å². The van der Waals surface area contributed by atoms with Crippen LogP contribution in [-0.4, -0.2) is 55.7 Å². The molecule has 0 bridgehead atoms. The molecule has 0 aromatic carbocycles. The van der Waals surface area contributed by atoms with Crippen LogP contribution in [0, 0.1) is 0 Å². The predicted molar refractivity (Wildman–Crippen MR) is 82.4 cm³/mol. The minimum Gasteiger partial charge on any atom is -0.379 e. The first-order valence-electron chi connectivity index (χ1n) is 7.80. The van der Waals surface area contributed by atoms with E-state index >= 15 is 0 Å². The number of aromatic nitrogens is 2. The third-order valence-corrected chi connectivity index (χ3v) is 2.97. The van der Waals surface area contributed by atoms with Gasteiger partial charge in [-0.25, -0.2) is 4.98 Å². The fourth-order valence-electron chi connectivity index (χ4n) is 1.76. The molecular weight excluding hydrogens is 270 g/mol. The van der Waals surface area contributed by atoms with Crippen LogP contribution < -0.4 is 5.73 Å². The Labute approximate surface area is 127 Å². The molecule has 6 nitrogen and oxygen atoms in total. The maximum absolute atomic E-state index is 5.51. The molecule has 0 saturated carbocycles. The summed E-state index contributed by atoms with van der Waals surface area (Å²) in [7, 11) is 0. The Kier molecular flexibility index (Phi) is 11.0. The van der Waals surface area contributed by atoms with Crippen LogP contribution in [0.4, 0.5) is 0 Å². The van der Waals surface area contributed by atoms with Crippen LogP contribution in [0.15, 0.2) is 12.5 Å². The van der Waals surface area contributed by atoms with Crippen molar-refractivity contribution in [2.45, 2.75) is 32.7 Å². The predicted octanol–water partition coefficient (Wildman–Crippen LogP) is 1.23. The van der Waals surface area contributed by atoms with Gasteiger partial charge in [0.1, 0.15) is 0 Å². The lowest BCUT2D eigenvalue weighted by Crippen LogP contribution is -2.12. The Morgan fingerprint density at radius 3 is 2.38 bits per heavy atom. The van der Waals surface area contributed by atoms with Crippen LogP contribution in [0.1, 0.15) is 25.5 Å². The zero-order chi connectivity index (χ0) is 15.2. The van der Waals surface area contributed by atoms with E-state index in [4.69, 9.17) is 19.9 Å². The molecule has 0 atom stereocenters. The second kappa shape index (κ2) is 12.8. The fraction of sp³-hybridized carbons (Fsp3) is 0.800. The maximum atomic E-state index is 5.51. The molecule has 0 aliphatic heterocycles. The monoisotopic (exact) mass is 299 g/mol. The number of rotatable bonds is 14. The lowest BCUT2D eigenvalue weighted by atomic mass is 10.3. The van der Waals surface area contributed by atoms with Gasteiger partial charge >= 0.3 is 0 Å². The lowest BCUT2D eigenvalue weighted by molar-refractivity contribution is 0.0127. The van der Waals surface area contributed by atoms with Crippen molar-refractivity contribution in [1.29, 1.82) is 0 Å². The van der Waals surface area contributed by atoms with Gasteiger partial charge in [-0.15, -0.1) is 0 Å². The summed E-state index contributed by atoms with van der Waals surface area (Å²) in [5.74, 6) is 0. The topological polar surface area (TPSA) is 71.5 Å². The first kappa shape index (κ1) is 18.1. The normalized spacial score (nSPS) is 11.1. The highest BCUT2D eigenvalue weighted by atomic mass is 16.5. The molecule has 0 spiro atoms. The third kappa shape index (κ3) is 9.57. The van der Waals surface area contributed by atoms with Crippen molar-refractivity contribution in [3.05, 3.63) is 18.2 Å². The number of nitrogens with zero attached hydrogens (tertiary/aromatic N) is 2. The molecule has 21 heavy (non-hydrogen) atoms. The highest BCUT2D eigenvalue weighted by Crippen LogP contribution is 1.96. The molecule has 0 radical (unpaired) electrons. The van der Waals surface area contributed by atoms with Crippen LogP contribution in [0.25, 0.3) is 0 Å². The Hall–Kier alpha value is -0.950. The van der Waals surface area contributed by atoms with Gasteiger partial charge in [0.2, 0.25) is 0 Å².